The van der Waals surface area contributed by atoms with Crippen LogP contribution in [0.2, 0.25) is 0 Å². The Kier molecular flexibility index (Phi) is 8.25. The van der Waals surface area contributed by atoms with Crippen molar-refractivity contribution in [2.45, 2.75) is 0 Å². The second kappa shape index (κ2) is 14.6. The lowest BCUT2D eigenvalue weighted by Gasteiger charge is -2.18. The molecule has 0 N–H and O–H groups in total. The Morgan fingerprint density at radius 3 is 1.25 bits per heavy atom. The van der Waals surface area contributed by atoms with Gasteiger partial charge in [0.05, 0.1) is 11.4 Å². The Morgan fingerprint density at radius 1 is 0.219 bits per heavy atom. The van der Waals surface area contributed by atoms with Crippen LogP contribution in [0, 0.1) is 0 Å². The molecule has 2 heteroatoms. The molecule has 0 aliphatic carbocycles. The molecule has 0 aliphatic heterocycles. The Hall–Kier alpha value is -8.46. The van der Waals surface area contributed by atoms with E-state index in [2.05, 4.69) is 206 Å². The molecular weight excluding hydrogens is 773 g/mol. The molecule has 296 valence electrons. The van der Waals surface area contributed by atoms with Gasteiger partial charge in [-0.2, -0.15) is 0 Å². The van der Waals surface area contributed by atoms with E-state index in [9.17, 15) is 0 Å². The zero-order valence-electron chi connectivity index (χ0n) is 34.8. The zero-order chi connectivity index (χ0) is 42.1. The minimum absolute atomic E-state index is 0.709. The molecule has 1 heterocycles. The average molecular weight is 811 g/mol. The van der Waals surface area contributed by atoms with Gasteiger partial charge in [0.25, 0.3) is 0 Å². The molecule has 0 saturated heterocycles. The average Bonchev–Trinajstić information content (AvgIpc) is 3.37. The van der Waals surface area contributed by atoms with Crippen LogP contribution in [0.3, 0.4) is 0 Å². The van der Waals surface area contributed by atoms with Crippen molar-refractivity contribution < 1.29 is 0 Å². The van der Waals surface area contributed by atoms with Crippen LogP contribution in [0.25, 0.3) is 132 Å². The molecule has 13 rings (SSSR count). The fraction of sp³-hybridized carbons (Fsp3) is 0. The van der Waals surface area contributed by atoms with Crippen molar-refractivity contribution in [3.63, 3.8) is 0 Å². The summed E-state index contributed by atoms with van der Waals surface area (Å²) in [6.45, 7) is 0. The molecule has 1 aromatic heterocycles. The number of hydrogen-bond donors (Lipinski definition) is 0. The van der Waals surface area contributed by atoms with Gasteiger partial charge in [-0.05, 0) is 110 Å². The summed E-state index contributed by atoms with van der Waals surface area (Å²) in [7, 11) is 0. The van der Waals surface area contributed by atoms with E-state index in [1.54, 1.807) is 0 Å². The monoisotopic (exact) mass is 810 g/mol. The van der Waals surface area contributed by atoms with E-state index in [0.29, 0.717) is 5.82 Å². The van der Waals surface area contributed by atoms with Crippen molar-refractivity contribution in [2.75, 3.05) is 0 Å². The molecule has 0 amide bonds. The van der Waals surface area contributed by atoms with Crippen LogP contribution in [0.15, 0.2) is 231 Å². The highest BCUT2D eigenvalue weighted by Crippen LogP contribution is 2.45. The van der Waals surface area contributed by atoms with Crippen LogP contribution in [0.1, 0.15) is 0 Å². The summed E-state index contributed by atoms with van der Waals surface area (Å²) < 4.78 is 0. The maximum atomic E-state index is 5.32. The van der Waals surface area contributed by atoms with Crippen LogP contribution in [0.5, 0.6) is 0 Å². The fourth-order valence-electron chi connectivity index (χ4n) is 10.3. The highest BCUT2D eigenvalue weighted by atomic mass is 14.9. The molecule has 0 fully saturated rings. The van der Waals surface area contributed by atoms with Gasteiger partial charge in [0, 0.05) is 16.7 Å². The van der Waals surface area contributed by atoms with Gasteiger partial charge in [-0.25, -0.2) is 9.97 Å². The molecule has 0 saturated carbocycles. The Morgan fingerprint density at radius 2 is 0.656 bits per heavy atom. The second-order valence-corrected chi connectivity index (χ2v) is 16.8. The number of benzene rings is 11. The normalized spacial score (nSPS) is 11.8. The second-order valence-electron chi connectivity index (χ2n) is 16.8. The first-order valence-corrected chi connectivity index (χ1v) is 22.0. The molecule has 64 heavy (non-hydrogen) atoms. The number of aromatic nitrogens is 2. The van der Waals surface area contributed by atoms with E-state index in [1.807, 2.05) is 24.3 Å². The SMILES string of the molecule is c1ccc(-c2cc(-c3c4ccccc4c(-c4ccc(-c5ccc6c(c5)c5ccccc5c5cccc7ccc8cccc6c8c75)cc4)c4ccccc34)nc(-c3ccccc3)n2)cc1. The van der Waals surface area contributed by atoms with Gasteiger partial charge in [-0.1, -0.05) is 218 Å². The van der Waals surface area contributed by atoms with Gasteiger partial charge in [0.15, 0.2) is 5.82 Å². The van der Waals surface area contributed by atoms with E-state index in [1.165, 1.54) is 86.9 Å². The van der Waals surface area contributed by atoms with Crippen LogP contribution in [-0.4, -0.2) is 9.97 Å². The molecule has 13 aromatic rings. The molecule has 0 atom stereocenters. The third-order valence-corrected chi connectivity index (χ3v) is 13.2. The van der Waals surface area contributed by atoms with Crippen LogP contribution < -0.4 is 0 Å². The summed E-state index contributed by atoms with van der Waals surface area (Å²) >= 11 is 0. The van der Waals surface area contributed by atoms with Gasteiger partial charge in [-0.3, -0.25) is 0 Å². The third-order valence-electron chi connectivity index (χ3n) is 13.2. The lowest BCUT2D eigenvalue weighted by molar-refractivity contribution is 1.19. The highest BCUT2D eigenvalue weighted by Gasteiger charge is 2.20. The molecule has 0 aliphatic rings. The largest absolute Gasteiger partial charge is 0.228 e. The summed E-state index contributed by atoms with van der Waals surface area (Å²) in [5, 5.41) is 17.5. The quantitative estimate of drug-likeness (QED) is 0.128. The van der Waals surface area contributed by atoms with Crippen molar-refractivity contribution in [3.8, 4) is 56.2 Å². The maximum absolute atomic E-state index is 5.32. The molecule has 0 spiro atoms. The molecule has 0 bridgehead atoms. The molecular formula is C62H38N2. The van der Waals surface area contributed by atoms with Crippen molar-refractivity contribution in [2.24, 2.45) is 0 Å². The summed E-state index contributed by atoms with van der Waals surface area (Å²) in [6.07, 6.45) is 0. The van der Waals surface area contributed by atoms with Crippen molar-refractivity contribution in [1.29, 1.82) is 0 Å². The Labute approximate surface area is 370 Å². The standard InChI is InChI=1S/C62H38N2/c1-3-15-40(16-4-1)56-38-57(64-62(63-56)44-17-5-2-6-18-44)61-53-25-11-9-23-51(53)58(52-24-10-12-26-54(52)61)43-31-29-39(30-32-43)45-35-36-48-50-28-14-20-42-34-33-41-19-13-27-49(59(41)60(42)50)46-21-7-8-22-47(46)55(48)37-45/h1-38H. The summed E-state index contributed by atoms with van der Waals surface area (Å²) in [5.74, 6) is 0.709. The highest BCUT2D eigenvalue weighted by molar-refractivity contribution is 6.33. The number of fused-ring (bicyclic) bond motifs is 7. The number of hydrogen-bond acceptors (Lipinski definition) is 2. The van der Waals surface area contributed by atoms with Gasteiger partial charge >= 0.3 is 0 Å². The number of nitrogens with zero attached hydrogens (tertiary/aromatic N) is 2. The van der Waals surface area contributed by atoms with Gasteiger partial charge < -0.3 is 0 Å². The van der Waals surface area contributed by atoms with E-state index in [4.69, 9.17) is 9.97 Å². The van der Waals surface area contributed by atoms with Gasteiger partial charge in [0.1, 0.15) is 0 Å². The first-order valence-electron chi connectivity index (χ1n) is 22.0. The van der Waals surface area contributed by atoms with E-state index >= 15 is 0 Å². The van der Waals surface area contributed by atoms with Crippen molar-refractivity contribution in [1.82, 2.24) is 9.97 Å². The van der Waals surface area contributed by atoms with Crippen LogP contribution in [0.4, 0.5) is 0 Å². The third kappa shape index (κ3) is 5.73. The van der Waals surface area contributed by atoms with Gasteiger partial charge in [0.2, 0.25) is 0 Å². The van der Waals surface area contributed by atoms with E-state index in [-0.39, 0.29) is 0 Å². The fourth-order valence-corrected chi connectivity index (χ4v) is 10.3. The first kappa shape index (κ1) is 36.2. The van der Waals surface area contributed by atoms with E-state index < -0.39 is 0 Å². The molecule has 0 unspecified atom stereocenters. The topological polar surface area (TPSA) is 25.8 Å². The van der Waals surface area contributed by atoms with Crippen LogP contribution in [-0.2, 0) is 0 Å². The number of rotatable bonds is 5. The predicted octanol–water partition coefficient (Wildman–Crippen LogP) is 16.9. The Bertz CT molecular complexity index is 3870. The smallest absolute Gasteiger partial charge is 0.160 e. The molecule has 0 radical (unpaired) electrons. The van der Waals surface area contributed by atoms with Crippen molar-refractivity contribution >= 4 is 75.4 Å². The molecule has 2 nitrogen and oxygen atoms in total. The maximum Gasteiger partial charge on any atom is 0.160 e. The lowest BCUT2D eigenvalue weighted by Crippen LogP contribution is -1.98. The van der Waals surface area contributed by atoms with Crippen LogP contribution >= 0.6 is 0 Å². The Balaban J connectivity index is 0.996. The van der Waals surface area contributed by atoms with Gasteiger partial charge in [-0.15, -0.1) is 0 Å². The minimum Gasteiger partial charge on any atom is -0.228 e. The first-order chi connectivity index (χ1) is 31.7. The summed E-state index contributed by atoms with van der Waals surface area (Å²) in [4.78, 5) is 10.4. The zero-order valence-corrected chi connectivity index (χ0v) is 34.8. The predicted molar refractivity (Wildman–Crippen MR) is 272 cm³/mol. The van der Waals surface area contributed by atoms with Crippen molar-refractivity contribution in [3.05, 3.63) is 231 Å². The lowest BCUT2D eigenvalue weighted by atomic mass is 9.86. The minimum atomic E-state index is 0.709. The van der Waals surface area contributed by atoms with E-state index in [0.717, 1.165) is 38.9 Å². The molecule has 12 aromatic carbocycles. The summed E-state index contributed by atoms with van der Waals surface area (Å²) in [6, 6.07) is 83.7. The summed E-state index contributed by atoms with van der Waals surface area (Å²) in [5.41, 5.74) is 9.72.